The van der Waals surface area contributed by atoms with Gasteiger partial charge in [-0.1, -0.05) is 23.7 Å². The Morgan fingerprint density at radius 1 is 1.48 bits per heavy atom. The number of hydrogen-bond acceptors (Lipinski definition) is 5. The van der Waals surface area contributed by atoms with Gasteiger partial charge in [0, 0.05) is 11.8 Å². The number of nitrogens with two attached hydrogens (primary N) is 1. The molecule has 124 valence electrons. The van der Waals surface area contributed by atoms with Gasteiger partial charge in [-0.25, -0.2) is 0 Å². The Hall–Kier alpha value is -2.05. The van der Waals surface area contributed by atoms with Gasteiger partial charge < -0.3 is 15.2 Å². The second-order valence-electron chi connectivity index (χ2n) is 5.06. The van der Waals surface area contributed by atoms with E-state index in [-0.39, 0.29) is 0 Å². The molecule has 1 unspecified atom stereocenters. The molecule has 1 aromatic heterocycles. The average Bonchev–Trinajstić information content (AvgIpc) is 2.93. The van der Waals surface area contributed by atoms with Crippen LogP contribution in [0.2, 0.25) is 5.02 Å². The third-order valence-corrected chi connectivity index (χ3v) is 3.52. The third-order valence-electron chi connectivity index (χ3n) is 3.32. The van der Waals surface area contributed by atoms with E-state index in [1.807, 2.05) is 18.2 Å². The number of carbonyl (C=O) groups is 1. The number of benzene rings is 1. The summed E-state index contributed by atoms with van der Waals surface area (Å²) in [6.45, 7) is 2.59. The molecule has 0 saturated carbocycles. The first-order chi connectivity index (χ1) is 11.0. The van der Waals surface area contributed by atoms with Crippen LogP contribution >= 0.6 is 11.6 Å². The molecule has 0 aliphatic rings. The summed E-state index contributed by atoms with van der Waals surface area (Å²) in [5.41, 5.74) is 7.73. The third kappa shape index (κ3) is 4.71. The van der Waals surface area contributed by atoms with Crippen LogP contribution in [0.1, 0.15) is 18.1 Å². The van der Waals surface area contributed by atoms with Crippen LogP contribution < -0.4 is 10.5 Å². The monoisotopic (exact) mass is 337 g/mol. The molecule has 0 spiro atoms. The second kappa shape index (κ2) is 7.99. The van der Waals surface area contributed by atoms with Gasteiger partial charge in [-0.2, -0.15) is 5.10 Å². The van der Waals surface area contributed by atoms with Gasteiger partial charge in [-0.15, -0.1) is 0 Å². The number of hydrogen-bond donors (Lipinski definition) is 1. The number of aromatic nitrogens is 2. The van der Waals surface area contributed by atoms with Crippen molar-refractivity contribution < 1.29 is 14.3 Å². The molecule has 2 aromatic rings. The van der Waals surface area contributed by atoms with Crippen molar-refractivity contribution in [3.8, 4) is 5.75 Å². The summed E-state index contributed by atoms with van der Waals surface area (Å²) in [4.78, 5) is 11.6. The van der Waals surface area contributed by atoms with Gasteiger partial charge in [0.05, 0.1) is 31.5 Å². The molecule has 1 aromatic carbocycles. The lowest BCUT2D eigenvalue weighted by Gasteiger charge is -2.14. The molecule has 0 amide bonds. The van der Waals surface area contributed by atoms with Crippen LogP contribution in [-0.2, 0) is 22.5 Å². The fourth-order valence-electron chi connectivity index (χ4n) is 2.27. The van der Waals surface area contributed by atoms with Crippen molar-refractivity contribution in [3.05, 3.63) is 46.7 Å². The summed E-state index contributed by atoms with van der Waals surface area (Å²) in [5.74, 6) is 0.341. The van der Waals surface area contributed by atoms with Crippen molar-refractivity contribution in [3.63, 3.8) is 0 Å². The maximum absolute atomic E-state index is 11.6. The van der Waals surface area contributed by atoms with E-state index >= 15 is 0 Å². The topological polar surface area (TPSA) is 79.4 Å². The van der Waals surface area contributed by atoms with Crippen molar-refractivity contribution in [2.75, 3.05) is 13.7 Å². The quantitative estimate of drug-likeness (QED) is 0.782. The molecule has 0 aliphatic heterocycles. The van der Waals surface area contributed by atoms with Crippen LogP contribution in [0.4, 0.5) is 0 Å². The Morgan fingerprint density at radius 3 is 2.87 bits per heavy atom. The van der Waals surface area contributed by atoms with E-state index in [9.17, 15) is 4.79 Å². The molecular formula is C16H20ClN3O3. The Labute approximate surface area is 140 Å². The maximum atomic E-state index is 11.6. The first kappa shape index (κ1) is 17.3. The molecular weight excluding hydrogens is 318 g/mol. The molecule has 1 heterocycles. The van der Waals surface area contributed by atoms with Crippen molar-refractivity contribution in [2.24, 2.45) is 5.73 Å². The van der Waals surface area contributed by atoms with Crippen molar-refractivity contribution >= 4 is 17.6 Å². The maximum Gasteiger partial charge on any atom is 0.323 e. The Morgan fingerprint density at radius 2 is 2.26 bits per heavy atom. The van der Waals surface area contributed by atoms with Crippen LogP contribution in [0.15, 0.2) is 30.6 Å². The first-order valence-electron chi connectivity index (χ1n) is 7.29. The Kier molecular flexibility index (Phi) is 6.01. The van der Waals surface area contributed by atoms with E-state index in [1.165, 1.54) is 0 Å². The van der Waals surface area contributed by atoms with Gasteiger partial charge in [-0.3, -0.25) is 9.48 Å². The van der Waals surface area contributed by atoms with Gasteiger partial charge in [0.25, 0.3) is 0 Å². The Bertz CT molecular complexity index is 672. The number of rotatable bonds is 7. The molecule has 0 bridgehead atoms. The predicted molar refractivity (Wildman–Crippen MR) is 87.6 cm³/mol. The van der Waals surface area contributed by atoms with Crippen LogP contribution in [0.5, 0.6) is 5.75 Å². The van der Waals surface area contributed by atoms with Crippen LogP contribution in [0, 0.1) is 0 Å². The molecule has 2 rings (SSSR count). The molecule has 0 saturated heterocycles. The average molecular weight is 338 g/mol. The number of ether oxygens (including phenoxy) is 2. The molecule has 0 aliphatic carbocycles. The molecule has 1 atom stereocenters. The van der Waals surface area contributed by atoms with Gasteiger partial charge in [0.1, 0.15) is 11.8 Å². The summed E-state index contributed by atoms with van der Waals surface area (Å²) >= 11 is 5.88. The van der Waals surface area contributed by atoms with Gasteiger partial charge in [-0.05, 0) is 25.0 Å². The summed E-state index contributed by atoms with van der Waals surface area (Å²) in [7, 11) is 1.61. The highest BCUT2D eigenvalue weighted by molar-refractivity contribution is 6.30. The highest BCUT2D eigenvalue weighted by Crippen LogP contribution is 2.22. The largest absolute Gasteiger partial charge is 0.496 e. The SMILES string of the molecule is CCOC(=O)C(N)Cc1ccc(OC)c(Cn2cc(Cl)cn2)c1. The van der Waals surface area contributed by atoms with E-state index < -0.39 is 12.0 Å². The second-order valence-corrected chi connectivity index (χ2v) is 5.50. The zero-order valence-electron chi connectivity index (χ0n) is 13.2. The first-order valence-corrected chi connectivity index (χ1v) is 7.67. The van der Waals surface area contributed by atoms with Crippen molar-refractivity contribution in [2.45, 2.75) is 25.9 Å². The number of esters is 1. The van der Waals surface area contributed by atoms with E-state index in [4.69, 9.17) is 26.8 Å². The standard InChI is InChI=1S/C16H20ClN3O3/c1-3-23-16(21)14(18)7-11-4-5-15(22-2)12(6-11)9-20-10-13(17)8-19-20/h4-6,8,10,14H,3,7,9,18H2,1-2H3. The smallest absolute Gasteiger partial charge is 0.323 e. The fourth-order valence-corrected chi connectivity index (χ4v) is 2.42. The molecule has 0 fully saturated rings. The van der Waals surface area contributed by atoms with E-state index in [1.54, 1.807) is 31.1 Å². The van der Waals surface area contributed by atoms with E-state index in [2.05, 4.69) is 5.10 Å². The minimum absolute atomic E-state index is 0.320. The zero-order chi connectivity index (χ0) is 16.8. The number of nitrogens with zero attached hydrogens (tertiary/aromatic N) is 2. The fraction of sp³-hybridized carbons (Fsp3) is 0.375. The number of carbonyl (C=O) groups excluding carboxylic acids is 1. The molecule has 0 radical (unpaired) electrons. The summed E-state index contributed by atoms with van der Waals surface area (Å²) < 4.78 is 12.0. The minimum atomic E-state index is -0.685. The lowest BCUT2D eigenvalue weighted by atomic mass is 10.0. The van der Waals surface area contributed by atoms with Crippen LogP contribution in [0.25, 0.3) is 0 Å². The van der Waals surface area contributed by atoms with Crippen LogP contribution in [0.3, 0.4) is 0 Å². The van der Waals surface area contributed by atoms with Gasteiger partial charge in [0.15, 0.2) is 0 Å². The molecule has 7 heteroatoms. The Balaban J connectivity index is 2.16. The number of methoxy groups -OCH3 is 1. The molecule has 23 heavy (non-hydrogen) atoms. The number of halogens is 1. The van der Waals surface area contributed by atoms with E-state index in [0.29, 0.717) is 24.6 Å². The zero-order valence-corrected chi connectivity index (χ0v) is 13.9. The molecule has 6 nitrogen and oxygen atoms in total. The minimum Gasteiger partial charge on any atom is -0.496 e. The lowest BCUT2D eigenvalue weighted by Crippen LogP contribution is -2.34. The molecule has 2 N–H and O–H groups in total. The normalized spacial score (nSPS) is 12.0. The van der Waals surface area contributed by atoms with Crippen LogP contribution in [-0.4, -0.2) is 35.5 Å². The van der Waals surface area contributed by atoms with Gasteiger partial charge >= 0.3 is 5.97 Å². The van der Waals surface area contributed by atoms with Crippen molar-refractivity contribution in [1.82, 2.24) is 9.78 Å². The van der Waals surface area contributed by atoms with E-state index in [0.717, 1.165) is 16.9 Å². The lowest BCUT2D eigenvalue weighted by molar-refractivity contribution is -0.144. The predicted octanol–water partition coefficient (Wildman–Crippen LogP) is 2.03. The summed E-state index contributed by atoms with van der Waals surface area (Å²) in [6, 6.07) is 5.01. The van der Waals surface area contributed by atoms with Gasteiger partial charge in [0.2, 0.25) is 0 Å². The summed E-state index contributed by atoms with van der Waals surface area (Å²) in [6.07, 6.45) is 3.71. The highest BCUT2D eigenvalue weighted by atomic mass is 35.5. The summed E-state index contributed by atoms with van der Waals surface area (Å²) in [5, 5.41) is 4.73. The van der Waals surface area contributed by atoms with Crippen molar-refractivity contribution in [1.29, 1.82) is 0 Å². The highest BCUT2D eigenvalue weighted by Gasteiger charge is 2.16.